The lowest BCUT2D eigenvalue weighted by molar-refractivity contribution is 0.0951. The van der Waals surface area contributed by atoms with Crippen molar-refractivity contribution in [2.75, 3.05) is 0 Å². The molecule has 116 valence electrons. The highest BCUT2D eigenvalue weighted by molar-refractivity contribution is 6.43. The van der Waals surface area contributed by atoms with Crippen LogP contribution in [0.1, 0.15) is 15.9 Å². The van der Waals surface area contributed by atoms with Gasteiger partial charge in [-0.05, 0) is 23.8 Å². The number of pyridine rings is 1. The van der Waals surface area contributed by atoms with Gasteiger partial charge in [0.25, 0.3) is 5.91 Å². The third kappa shape index (κ3) is 3.52. The van der Waals surface area contributed by atoms with Crippen molar-refractivity contribution in [3.05, 3.63) is 76.4 Å². The Morgan fingerprint density at radius 2 is 2.09 bits per heavy atom. The van der Waals surface area contributed by atoms with E-state index in [1.54, 1.807) is 41.5 Å². The van der Waals surface area contributed by atoms with Crippen LogP contribution in [0.5, 0.6) is 0 Å². The van der Waals surface area contributed by atoms with Crippen LogP contribution < -0.4 is 5.32 Å². The minimum Gasteiger partial charge on any atom is -0.348 e. The van der Waals surface area contributed by atoms with E-state index in [-0.39, 0.29) is 10.9 Å². The van der Waals surface area contributed by atoms with Gasteiger partial charge in [0.2, 0.25) is 0 Å². The normalized spacial score (nSPS) is 10.5. The lowest BCUT2D eigenvalue weighted by atomic mass is 10.2. The van der Waals surface area contributed by atoms with Gasteiger partial charge in [0.15, 0.2) is 0 Å². The molecule has 1 amide bonds. The van der Waals surface area contributed by atoms with Crippen molar-refractivity contribution in [1.82, 2.24) is 19.9 Å². The lowest BCUT2D eigenvalue weighted by Crippen LogP contribution is -2.23. The number of benzene rings is 1. The molecule has 0 atom stereocenters. The number of aromatic nitrogens is 3. The van der Waals surface area contributed by atoms with E-state index in [0.717, 1.165) is 11.4 Å². The largest absolute Gasteiger partial charge is 0.348 e. The molecule has 0 bridgehead atoms. The predicted octanol–water partition coefficient (Wildman–Crippen LogP) is 3.50. The summed E-state index contributed by atoms with van der Waals surface area (Å²) in [6.07, 6.45) is 6.87. The number of nitrogens with zero attached hydrogens (tertiary/aromatic N) is 3. The fourth-order valence-electron chi connectivity index (χ4n) is 2.03. The quantitative estimate of drug-likeness (QED) is 0.786. The zero-order chi connectivity index (χ0) is 16.2. The van der Waals surface area contributed by atoms with Crippen molar-refractivity contribution in [3.63, 3.8) is 0 Å². The van der Waals surface area contributed by atoms with E-state index in [1.807, 2.05) is 18.3 Å². The van der Waals surface area contributed by atoms with Crippen molar-refractivity contribution in [1.29, 1.82) is 0 Å². The van der Waals surface area contributed by atoms with Gasteiger partial charge in [0.05, 0.1) is 15.6 Å². The van der Waals surface area contributed by atoms with Gasteiger partial charge < -0.3 is 5.32 Å². The third-order valence-electron chi connectivity index (χ3n) is 3.23. The molecular formula is C16H12Cl2N4O. The molecule has 0 fully saturated rings. The smallest absolute Gasteiger partial charge is 0.253 e. The number of carbonyl (C=O) groups is 1. The number of rotatable bonds is 4. The van der Waals surface area contributed by atoms with Crippen LogP contribution in [-0.2, 0) is 6.54 Å². The molecule has 7 heteroatoms. The number of amides is 1. The summed E-state index contributed by atoms with van der Waals surface area (Å²) in [6, 6.07) is 8.70. The summed E-state index contributed by atoms with van der Waals surface area (Å²) in [7, 11) is 0. The highest BCUT2D eigenvalue weighted by atomic mass is 35.5. The average Bonchev–Trinajstić information content (AvgIpc) is 3.10. The Balaban J connectivity index is 1.66. The van der Waals surface area contributed by atoms with E-state index >= 15 is 0 Å². The topological polar surface area (TPSA) is 59.8 Å². The van der Waals surface area contributed by atoms with Gasteiger partial charge in [-0.1, -0.05) is 35.3 Å². The Kier molecular flexibility index (Phi) is 4.60. The van der Waals surface area contributed by atoms with Gasteiger partial charge in [-0.25, -0.2) is 9.97 Å². The van der Waals surface area contributed by atoms with E-state index in [1.165, 1.54) is 0 Å². The van der Waals surface area contributed by atoms with Crippen LogP contribution in [-0.4, -0.2) is 20.4 Å². The van der Waals surface area contributed by atoms with E-state index in [9.17, 15) is 4.79 Å². The minimum absolute atomic E-state index is 0.250. The Hall–Kier alpha value is -2.37. The molecule has 5 nitrogen and oxygen atoms in total. The monoisotopic (exact) mass is 346 g/mol. The number of halogens is 2. The van der Waals surface area contributed by atoms with Gasteiger partial charge in [0.1, 0.15) is 12.1 Å². The number of hydrogen-bond acceptors (Lipinski definition) is 3. The lowest BCUT2D eigenvalue weighted by Gasteiger charge is -2.08. The number of nitrogens with one attached hydrogen (secondary N) is 1. The van der Waals surface area contributed by atoms with Crippen LogP contribution in [0.25, 0.3) is 5.82 Å². The molecule has 0 aliphatic carbocycles. The number of hydrogen-bond donors (Lipinski definition) is 1. The maximum atomic E-state index is 12.2. The minimum atomic E-state index is -0.281. The third-order valence-corrected chi connectivity index (χ3v) is 4.05. The maximum absolute atomic E-state index is 12.2. The molecule has 2 aromatic heterocycles. The summed E-state index contributed by atoms with van der Waals surface area (Å²) in [4.78, 5) is 20.5. The van der Waals surface area contributed by atoms with Gasteiger partial charge in [0, 0.05) is 25.1 Å². The second-order valence-corrected chi connectivity index (χ2v) is 5.56. The molecule has 3 aromatic rings. The first-order valence-electron chi connectivity index (χ1n) is 6.80. The van der Waals surface area contributed by atoms with Crippen LogP contribution in [0.15, 0.2) is 55.2 Å². The van der Waals surface area contributed by atoms with Crippen LogP contribution in [0, 0.1) is 0 Å². The zero-order valence-corrected chi connectivity index (χ0v) is 13.4. The standard InChI is InChI=1S/C16H12Cl2N4O/c17-13-3-1-2-12(15(13)18)16(23)21-9-11-4-5-14(20-8-11)22-7-6-19-10-22/h1-8,10H,9H2,(H,21,23). The highest BCUT2D eigenvalue weighted by Gasteiger charge is 2.12. The van der Waals surface area contributed by atoms with E-state index in [4.69, 9.17) is 23.2 Å². The SMILES string of the molecule is O=C(NCc1ccc(-n2ccnc2)nc1)c1cccc(Cl)c1Cl. The molecule has 0 unspecified atom stereocenters. The molecule has 0 saturated heterocycles. The molecule has 0 spiro atoms. The molecule has 1 N–H and O–H groups in total. The Labute approximate surface area is 142 Å². The van der Waals surface area contributed by atoms with E-state index < -0.39 is 0 Å². The summed E-state index contributed by atoms with van der Waals surface area (Å²) in [5, 5.41) is 3.40. The molecule has 0 saturated carbocycles. The molecule has 3 rings (SSSR count). The molecule has 23 heavy (non-hydrogen) atoms. The van der Waals surface area contributed by atoms with E-state index in [0.29, 0.717) is 17.1 Å². The van der Waals surface area contributed by atoms with Gasteiger partial charge in [-0.2, -0.15) is 0 Å². The molecular weight excluding hydrogens is 335 g/mol. The summed E-state index contributed by atoms with van der Waals surface area (Å²) in [5.41, 5.74) is 1.22. The summed E-state index contributed by atoms with van der Waals surface area (Å²) >= 11 is 11.9. The Bertz CT molecular complexity index is 817. The van der Waals surface area contributed by atoms with Crippen molar-refractivity contribution >= 4 is 29.1 Å². The number of carbonyl (C=O) groups excluding carboxylic acids is 1. The maximum Gasteiger partial charge on any atom is 0.253 e. The fourth-order valence-corrected chi connectivity index (χ4v) is 2.41. The second-order valence-electron chi connectivity index (χ2n) is 4.78. The van der Waals surface area contributed by atoms with Gasteiger partial charge in [-0.15, -0.1) is 0 Å². The van der Waals surface area contributed by atoms with E-state index in [2.05, 4.69) is 15.3 Å². The first-order valence-corrected chi connectivity index (χ1v) is 7.56. The van der Waals surface area contributed by atoms with Crippen molar-refractivity contribution in [2.24, 2.45) is 0 Å². The van der Waals surface area contributed by atoms with Crippen LogP contribution in [0.4, 0.5) is 0 Å². The van der Waals surface area contributed by atoms with Crippen molar-refractivity contribution in [2.45, 2.75) is 6.54 Å². The zero-order valence-electron chi connectivity index (χ0n) is 11.9. The van der Waals surface area contributed by atoms with Crippen molar-refractivity contribution < 1.29 is 4.79 Å². The molecule has 0 aliphatic heterocycles. The van der Waals surface area contributed by atoms with Crippen LogP contribution in [0.2, 0.25) is 10.0 Å². The molecule has 1 aromatic carbocycles. The Morgan fingerprint density at radius 3 is 2.78 bits per heavy atom. The molecule has 0 aliphatic rings. The van der Waals surface area contributed by atoms with Gasteiger partial charge >= 0.3 is 0 Å². The van der Waals surface area contributed by atoms with Crippen molar-refractivity contribution in [3.8, 4) is 5.82 Å². The summed E-state index contributed by atoms with van der Waals surface area (Å²) < 4.78 is 1.80. The number of imidazole rings is 1. The Morgan fingerprint density at radius 1 is 1.22 bits per heavy atom. The first-order chi connectivity index (χ1) is 11.1. The summed E-state index contributed by atoms with van der Waals surface area (Å²) in [5.74, 6) is 0.478. The summed E-state index contributed by atoms with van der Waals surface area (Å²) in [6.45, 7) is 0.346. The van der Waals surface area contributed by atoms with Gasteiger partial charge in [-0.3, -0.25) is 9.36 Å². The highest BCUT2D eigenvalue weighted by Crippen LogP contribution is 2.25. The molecule has 2 heterocycles. The predicted molar refractivity (Wildman–Crippen MR) is 89.0 cm³/mol. The fraction of sp³-hybridized carbons (Fsp3) is 0.0625. The van der Waals surface area contributed by atoms with Crippen LogP contribution >= 0.6 is 23.2 Å². The molecule has 0 radical (unpaired) electrons. The average molecular weight is 347 g/mol. The first kappa shape index (κ1) is 15.5. The second kappa shape index (κ2) is 6.81. The van der Waals surface area contributed by atoms with Crippen LogP contribution in [0.3, 0.4) is 0 Å².